The SMILES string of the molecule is FC(F)(F)C(F)(F)C(F)(F)C(F)(F)C(F)(F)C(F)(F)[Si](O[Si](F)(O[Si](C(F)(F)C(F)(F)C(F)(F)C(F)(F)C(F)(F)C(F)(F)F)(C(F)(F)C(F)(F)C(F)(F)C(F)(F)C(F)(F)C(F)(F)F)C(F)(F)C(F)(F)C(F)(F)C(F)(F)C(F)(F)C(F)(F)F)C(F)(F)C(F)(F)C(F)(F)C(F)(F)F)(C(F)(F)C(F)(F)C(F)(F)C(F)(F)C(F)(F)C(F)(F)F)C(F)(F)C(F)(F)C(F)(F)C(F)(F)C(F)(F)C(F)(F)F. The summed E-state index contributed by atoms with van der Waals surface area (Å²) in [6, 6.07) is 0. The van der Waals surface area contributed by atoms with Crippen molar-refractivity contribution < 1.29 is 394 Å². The molecule has 0 rings (SSSR count). The molecule has 0 aliphatic heterocycles. The molecule has 0 aliphatic rings. The molecule has 0 saturated heterocycles. The highest BCUT2D eigenvalue weighted by Gasteiger charge is 3.15. The van der Waals surface area contributed by atoms with E-state index in [4.69, 9.17) is 0 Å². The van der Waals surface area contributed by atoms with E-state index >= 15 is 180 Å². The zero-order chi connectivity index (χ0) is 111. The van der Waals surface area contributed by atoms with Crippen LogP contribution in [0.4, 0.5) is 386 Å². The molecule has 0 spiro atoms. The molecule has 93 heteroatoms. The fourth-order valence-electron chi connectivity index (χ4n) is 8.62. The first-order valence-corrected chi connectivity index (χ1v) is 33.0. The van der Waals surface area contributed by atoms with Crippen LogP contribution in [-0.2, 0) is 8.23 Å². The van der Waals surface area contributed by atoms with E-state index in [-0.39, 0.29) is 0 Å². The quantitative estimate of drug-likeness (QED) is 0.0351. The molecule has 0 aromatic rings. The van der Waals surface area contributed by atoms with E-state index in [1.807, 2.05) is 0 Å². The molecule has 0 aliphatic carbocycles. The van der Waals surface area contributed by atoms with Crippen molar-refractivity contribution in [2.45, 2.75) is 236 Å². The van der Waals surface area contributed by atoms with Crippen molar-refractivity contribution >= 4 is 25.5 Å². The Morgan fingerprint density at radius 2 is 0.158 bits per heavy atom. The lowest BCUT2D eigenvalue weighted by Crippen LogP contribution is -2.96. The fourth-order valence-corrected chi connectivity index (χ4v) is 22.9. The van der Waals surface area contributed by atoms with Crippen LogP contribution in [-0.4, -0.2) is 262 Å². The van der Waals surface area contributed by atoms with Crippen LogP contribution in [0.25, 0.3) is 0 Å². The summed E-state index contributed by atoms with van der Waals surface area (Å²) >= 11 is 0. The molecular weight excluding hydrogens is 2270 g/mol. The summed E-state index contributed by atoms with van der Waals surface area (Å²) in [7, 11) is -57.1. The van der Waals surface area contributed by atoms with Gasteiger partial charge >= 0.3 is 262 Å². The standard InChI is InChI=1S/C40F88O2Si3/c41-1(42,13(65,66)27(93,94)95)7(53,54)20(79,80)34(114,115)131(35(116,117)21(81,82)8(55,56)2(43,44)14(67,68)28(96,97)98,36(118,119)22(83,84)9(57,58)3(45,46)15(69,70)29(99,100)101)129-133(128,40(126,127)26(91,92)19(77,78)33(111,112)113)130-132(37(120,121)23(85,86)10(59,60)4(47,48)16(71,72)30(102,103)104,38(122,123)24(87,88)11(61,62)5(49,50)17(73,74)31(105,106)107)39(124,125)25(89,90)12(63,64)6(51,52)18(75,76)32(108,109)110. The lowest BCUT2D eigenvalue weighted by atomic mass is 9.97. The maximum atomic E-state index is 18.5. The van der Waals surface area contributed by atoms with Crippen LogP contribution < -0.4 is 0 Å². The molecule has 0 N–H and O–H groups in total. The predicted molar refractivity (Wildman–Crippen MR) is 226 cm³/mol. The third-order valence-electron chi connectivity index (χ3n) is 16.3. The molecule has 0 saturated carbocycles. The molecule has 0 unspecified atom stereocenters. The van der Waals surface area contributed by atoms with E-state index in [0.29, 0.717) is 0 Å². The van der Waals surface area contributed by atoms with Gasteiger partial charge in [0.2, 0.25) is 0 Å². The molecular formula is C40F88O2Si3. The lowest BCUT2D eigenvalue weighted by Gasteiger charge is -2.57. The first-order chi connectivity index (χ1) is 55.4. The Kier molecular flexibility index (Phi) is 29.4. The molecule has 0 atom stereocenters. The topological polar surface area (TPSA) is 18.5 Å². The highest BCUT2D eigenvalue weighted by atomic mass is 28.5. The summed E-state index contributed by atoms with van der Waals surface area (Å²) in [4.78, 5) is 0. The number of alkyl halides is 87. The summed E-state index contributed by atoms with van der Waals surface area (Å²) in [6.45, 7) is 0. The van der Waals surface area contributed by atoms with Crippen molar-refractivity contribution in [3.8, 4) is 0 Å². The van der Waals surface area contributed by atoms with Crippen LogP contribution in [0.5, 0.6) is 0 Å². The third-order valence-corrected chi connectivity index (χ3v) is 29.1. The largest absolute Gasteiger partial charge is 0.600 e. The van der Waals surface area contributed by atoms with Gasteiger partial charge in [0.25, 0.3) is 0 Å². The van der Waals surface area contributed by atoms with Crippen LogP contribution in [0.2, 0.25) is 0 Å². The Hall–Kier alpha value is -5.59. The van der Waals surface area contributed by atoms with Crippen LogP contribution in [0.3, 0.4) is 0 Å². The van der Waals surface area contributed by atoms with Gasteiger partial charge in [-0.2, -0.15) is 329 Å². The Morgan fingerprint density at radius 1 is 0.0902 bits per heavy atom. The van der Waals surface area contributed by atoms with Gasteiger partial charge in [-0.1, -0.05) is 0 Å². The highest BCUT2D eigenvalue weighted by Crippen LogP contribution is 2.79. The van der Waals surface area contributed by atoms with Crippen LogP contribution in [0, 0.1) is 0 Å². The van der Waals surface area contributed by atoms with Crippen molar-refractivity contribution in [2.75, 3.05) is 0 Å². The van der Waals surface area contributed by atoms with Gasteiger partial charge in [0, 0.05) is 0 Å². The summed E-state index contributed by atoms with van der Waals surface area (Å²) in [5.74, 6) is -325. The van der Waals surface area contributed by atoms with E-state index < -0.39 is 270 Å². The molecule has 0 amide bonds. The Balaban J connectivity index is 15.2. The van der Waals surface area contributed by atoms with Gasteiger partial charge in [-0.3, -0.25) is 0 Å². The van der Waals surface area contributed by atoms with Gasteiger partial charge in [-0.05, 0) is 0 Å². The van der Waals surface area contributed by atoms with Crippen molar-refractivity contribution in [1.82, 2.24) is 0 Å². The van der Waals surface area contributed by atoms with E-state index in [9.17, 15) is 206 Å². The molecule has 2 nitrogen and oxygen atoms in total. The molecule has 0 aromatic heterocycles. The van der Waals surface area contributed by atoms with Gasteiger partial charge in [0.05, 0.1) is 0 Å². The zero-order valence-corrected chi connectivity index (χ0v) is 58.6. The van der Waals surface area contributed by atoms with Gasteiger partial charge in [-0.15, -0.1) is 0 Å². The van der Waals surface area contributed by atoms with Crippen LogP contribution >= 0.6 is 0 Å². The minimum Gasteiger partial charge on any atom is -0.395 e. The minimum atomic E-state index is -19.2. The van der Waals surface area contributed by atoms with Crippen LogP contribution in [0.15, 0.2) is 0 Å². The van der Waals surface area contributed by atoms with Gasteiger partial charge < -0.3 is 8.23 Å². The number of halogens is 88. The Morgan fingerprint density at radius 3 is 0.241 bits per heavy atom. The lowest BCUT2D eigenvalue weighted by molar-refractivity contribution is -0.447. The average molecular weight is 2270 g/mol. The molecule has 0 fully saturated rings. The van der Waals surface area contributed by atoms with Crippen molar-refractivity contribution in [1.29, 1.82) is 0 Å². The predicted octanol–water partition coefficient (Wildman–Crippen LogP) is 27.5. The highest BCUT2D eigenvalue weighted by molar-refractivity contribution is 6.94. The molecule has 0 heterocycles. The molecule has 800 valence electrons. The summed E-state index contributed by atoms with van der Waals surface area (Å²) in [5.41, 5.74) is -103. The normalized spacial score (nSPS) is 17.7. The Bertz CT molecular complexity index is 3530. The number of hydrogen-bond acceptors (Lipinski definition) is 2. The van der Waals surface area contributed by atoms with Gasteiger partial charge in [-0.25, -0.2) is 56.8 Å². The first kappa shape index (κ1) is 127. The smallest absolute Gasteiger partial charge is 0.395 e. The van der Waals surface area contributed by atoms with Crippen molar-refractivity contribution in [3.05, 3.63) is 0 Å². The molecule has 0 aromatic carbocycles. The summed E-state index contributed by atoms with van der Waals surface area (Å²) in [5, 5.41) is 0. The molecule has 0 bridgehead atoms. The average Bonchev–Trinajstić information content (AvgIpc) is 0.639. The monoisotopic (exact) mass is 2270 g/mol. The van der Waals surface area contributed by atoms with E-state index in [0.717, 1.165) is 0 Å². The molecule has 0 radical (unpaired) electrons. The van der Waals surface area contributed by atoms with Crippen molar-refractivity contribution in [2.24, 2.45) is 0 Å². The third kappa shape index (κ3) is 14.6. The van der Waals surface area contributed by atoms with E-state index in [2.05, 4.69) is 0 Å². The summed E-state index contributed by atoms with van der Waals surface area (Å²) in [6.07, 6.45) is -73.1. The minimum absolute atomic E-state index is 1.25. The maximum Gasteiger partial charge on any atom is 0.600 e. The van der Waals surface area contributed by atoms with Crippen LogP contribution in [0.1, 0.15) is 0 Å². The second-order valence-corrected chi connectivity index (χ2v) is 34.4. The van der Waals surface area contributed by atoms with E-state index in [1.54, 1.807) is 0 Å². The number of rotatable bonds is 37. The first-order valence-electron chi connectivity index (χ1n) is 27.4. The van der Waals surface area contributed by atoms with Crippen molar-refractivity contribution in [3.63, 3.8) is 0 Å². The van der Waals surface area contributed by atoms with Gasteiger partial charge in [0.1, 0.15) is 0 Å². The zero-order valence-electron chi connectivity index (χ0n) is 55.6. The fraction of sp³-hybridized carbons (Fsp3) is 1.00. The second-order valence-electron chi connectivity index (χ2n) is 24.5. The summed E-state index contributed by atoms with van der Waals surface area (Å²) < 4.78 is 1320. The Labute approximate surface area is 657 Å². The number of hydrogen-bond donors (Lipinski definition) is 0. The second kappa shape index (κ2) is 30.7. The maximum absolute atomic E-state index is 19.2. The van der Waals surface area contributed by atoms with Gasteiger partial charge in [0.15, 0.2) is 0 Å². The van der Waals surface area contributed by atoms with E-state index in [1.165, 1.54) is 0 Å². The molecule has 133 heavy (non-hydrogen) atoms.